The van der Waals surface area contributed by atoms with Gasteiger partial charge in [-0.2, -0.15) is 0 Å². The van der Waals surface area contributed by atoms with Gasteiger partial charge in [-0.1, -0.05) is 30.3 Å². The lowest BCUT2D eigenvalue weighted by Crippen LogP contribution is -2.29. The topological polar surface area (TPSA) is 84.9 Å². The third kappa shape index (κ3) is 6.98. The van der Waals surface area contributed by atoms with Gasteiger partial charge in [0.25, 0.3) is 5.91 Å². The molecular formula is C25H28N2O5S. The van der Waals surface area contributed by atoms with Crippen molar-refractivity contribution in [3.63, 3.8) is 0 Å². The van der Waals surface area contributed by atoms with E-state index in [0.717, 1.165) is 23.1 Å². The number of carbonyl (C=O) groups excluding carboxylic acids is 1. The minimum atomic E-state index is -3.52. The van der Waals surface area contributed by atoms with Gasteiger partial charge in [0.15, 0.2) is 0 Å². The Morgan fingerprint density at radius 3 is 2.33 bits per heavy atom. The number of anilines is 1. The Labute approximate surface area is 195 Å². The monoisotopic (exact) mass is 468 g/mol. The number of hydrogen-bond acceptors (Lipinski definition) is 5. The van der Waals surface area contributed by atoms with E-state index < -0.39 is 10.0 Å². The van der Waals surface area contributed by atoms with Gasteiger partial charge in [-0.3, -0.25) is 9.10 Å². The molecule has 3 aromatic carbocycles. The van der Waals surface area contributed by atoms with Gasteiger partial charge in [-0.25, -0.2) is 8.42 Å². The Morgan fingerprint density at radius 2 is 1.67 bits per heavy atom. The molecule has 33 heavy (non-hydrogen) atoms. The Hall–Kier alpha value is -3.52. The summed E-state index contributed by atoms with van der Waals surface area (Å²) in [5.41, 5.74) is 2.86. The number of amides is 1. The van der Waals surface area contributed by atoms with Crippen LogP contribution in [0, 0.1) is 6.92 Å². The molecule has 0 radical (unpaired) electrons. The fourth-order valence-corrected chi connectivity index (χ4v) is 4.11. The standard InChI is InChI=1S/C25H28N2O5S/c1-19-6-4-9-24(16-19)32-15-14-26-25(28)21-12-10-20(11-13-21)18-27(33(3,29)30)22-7-5-8-23(17-22)31-2/h4-13,16-17H,14-15,18H2,1-3H3,(H,26,28). The summed E-state index contributed by atoms with van der Waals surface area (Å²) in [7, 11) is -1.99. The van der Waals surface area contributed by atoms with E-state index in [4.69, 9.17) is 9.47 Å². The first kappa shape index (κ1) is 24.1. The summed E-state index contributed by atoms with van der Waals surface area (Å²) in [5.74, 6) is 1.11. The second kappa shape index (κ2) is 10.9. The van der Waals surface area contributed by atoms with Crippen LogP contribution in [0.25, 0.3) is 0 Å². The van der Waals surface area contributed by atoms with Crippen molar-refractivity contribution in [1.29, 1.82) is 0 Å². The van der Waals surface area contributed by atoms with Gasteiger partial charge in [-0.15, -0.1) is 0 Å². The van der Waals surface area contributed by atoms with Crippen molar-refractivity contribution in [1.82, 2.24) is 5.32 Å². The Kier molecular flexibility index (Phi) is 7.95. The van der Waals surface area contributed by atoms with Crippen molar-refractivity contribution in [2.24, 2.45) is 0 Å². The maximum Gasteiger partial charge on any atom is 0.251 e. The molecule has 8 heteroatoms. The molecule has 0 aliphatic rings. The van der Waals surface area contributed by atoms with Crippen LogP contribution < -0.4 is 19.1 Å². The Bertz CT molecular complexity index is 1190. The molecule has 0 atom stereocenters. The molecule has 3 aromatic rings. The van der Waals surface area contributed by atoms with Crippen LogP contribution in [-0.2, 0) is 16.6 Å². The summed E-state index contributed by atoms with van der Waals surface area (Å²) in [6.07, 6.45) is 1.16. The molecule has 0 unspecified atom stereocenters. The zero-order chi connectivity index (χ0) is 23.8. The van der Waals surface area contributed by atoms with Crippen molar-refractivity contribution in [3.8, 4) is 11.5 Å². The first-order valence-electron chi connectivity index (χ1n) is 10.4. The van der Waals surface area contributed by atoms with E-state index in [2.05, 4.69) is 5.32 Å². The highest BCUT2D eigenvalue weighted by molar-refractivity contribution is 7.92. The van der Waals surface area contributed by atoms with Gasteiger partial charge in [0.1, 0.15) is 18.1 Å². The first-order valence-corrected chi connectivity index (χ1v) is 12.3. The van der Waals surface area contributed by atoms with Gasteiger partial charge < -0.3 is 14.8 Å². The van der Waals surface area contributed by atoms with E-state index in [1.807, 2.05) is 31.2 Å². The molecule has 0 aliphatic carbocycles. The Morgan fingerprint density at radius 1 is 0.970 bits per heavy atom. The van der Waals surface area contributed by atoms with Crippen LogP contribution in [0.1, 0.15) is 21.5 Å². The lowest BCUT2D eigenvalue weighted by atomic mass is 10.1. The SMILES string of the molecule is COc1cccc(N(Cc2ccc(C(=O)NCCOc3cccc(C)c3)cc2)S(C)(=O)=O)c1. The molecular weight excluding hydrogens is 440 g/mol. The fourth-order valence-electron chi connectivity index (χ4n) is 3.23. The van der Waals surface area contributed by atoms with Gasteiger partial charge in [0, 0.05) is 11.6 Å². The van der Waals surface area contributed by atoms with Crippen molar-refractivity contribution in [2.75, 3.05) is 30.8 Å². The highest BCUT2D eigenvalue weighted by Crippen LogP contribution is 2.25. The van der Waals surface area contributed by atoms with Crippen LogP contribution in [-0.4, -0.2) is 40.8 Å². The van der Waals surface area contributed by atoms with Crippen molar-refractivity contribution < 1.29 is 22.7 Å². The molecule has 0 fully saturated rings. The number of aryl methyl sites for hydroxylation is 1. The largest absolute Gasteiger partial charge is 0.497 e. The van der Waals surface area contributed by atoms with Crippen LogP contribution in [0.5, 0.6) is 11.5 Å². The predicted molar refractivity (Wildman–Crippen MR) is 129 cm³/mol. The molecule has 3 rings (SSSR count). The second-order valence-electron chi connectivity index (χ2n) is 7.59. The van der Waals surface area contributed by atoms with E-state index in [1.54, 1.807) is 48.5 Å². The minimum absolute atomic E-state index is 0.137. The van der Waals surface area contributed by atoms with Gasteiger partial charge in [0.2, 0.25) is 10.0 Å². The van der Waals surface area contributed by atoms with Crippen LogP contribution in [0.15, 0.2) is 72.8 Å². The maximum atomic E-state index is 12.4. The number of methoxy groups -OCH3 is 1. The third-order valence-corrected chi connectivity index (χ3v) is 6.07. The molecule has 0 bridgehead atoms. The summed E-state index contributed by atoms with van der Waals surface area (Å²) in [5, 5.41) is 2.82. The van der Waals surface area contributed by atoms with E-state index >= 15 is 0 Å². The summed E-state index contributed by atoms with van der Waals surface area (Å²) in [6, 6.07) is 21.4. The summed E-state index contributed by atoms with van der Waals surface area (Å²) < 4.78 is 36.9. The Balaban J connectivity index is 1.59. The van der Waals surface area contributed by atoms with Crippen molar-refractivity contribution >= 4 is 21.6 Å². The van der Waals surface area contributed by atoms with Gasteiger partial charge in [-0.05, 0) is 54.4 Å². The smallest absolute Gasteiger partial charge is 0.251 e. The number of benzene rings is 3. The van der Waals surface area contributed by atoms with Crippen LogP contribution >= 0.6 is 0 Å². The number of ether oxygens (including phenoxy) is 2. The number of nitrogens with one attached hydrogen (secondary N) is 1. The van der Waals surface area contributed by atoms with Gasteiger partial charge in [0.05, 0.1) is 32.1 Å². The number of rotatable bonds is 10. The van der Waals surface area contributed by atoms with Crippen LogP contribution in [0.4, 0.5) is 5.69 Å². The fraction of sp³-hybridized carbons (Fsp3) is 0.240. The molecule has 0 aromatic heterocycles. The molecule has 0 spiro atoms. The van der Waals surface area contributed by atoms with Crippen molar-refractivity contribution in [2.45, 2.75) is 13.5 Å². The van der Waals surface area contributed by atoms with Crippen molar-refractivity contribution in [3.05, 3.63) is 89.5 Å². The molecule has 1 amide bonds. The minimum Gasteiger partial charge on any atom is -0.497 e. The van der Waals surface area contributed by atoms with Crippen LogP contribution in [0.2, 0.25) is 0 Å². The highest BCUT2D eigenvalue weighted by atomic mass is 32.2. The number of hydrogen-bond donors (Lipinski definition) is 1. The summed E-state index contributed by atoms with van der Waals surface area (Å²) in [6.45, 7) is 2.85. The lowest BCUT2D eigenvalue weighted by molar-refractivity contribution is 0.0947. The molecule has 0 saturated carbocycles. The number of carbonyl (C=O) groups is 1. The number of nitrogens with zero attached hydrogens (tertiary/aromatic N) is 1. The second-order valence-corrected chi connectivity index (χ2v) is 9.50. The molecule has 0 heterocycles. The normalized spacial score (nSPS) is 11.0. The van der Waals surface area contributed by atoms with E-state index in [0.29, 0.717) is 30.2 Å². The van der Waals surface area contributed by atoms with Crippen LogP contribution in [0.3, 0.4) is 0 Å². The third-order valence-electron chi connectivity index (χ3n) is 4.93. The molecule has 7 nitrogen and oxygen atoms in total. The number of sulfonamides is 1. The maximum absolute atomic E-state index is 12.4. The van der Waals surface area contributed by atoms with E-state index in [-0.39, 0.29) is 12.5 Å². The molecule has 0 aliphatic heterocycles. The highest BCUT2D eigenvalue weighted by Gasteiger charge is 2.18. The summed E-state index contributed by atoms with van der Waals surface area (Å²) in [4.78, 5) is 12.4. The van der Waals surface area contributed by atoms with Gasteiger partial charge >= 0.3 is 0 Å². The average Bonchev–Trinajstić information content (AvgIpc) is 2.80. The molecule has 0 saturated heterocycles. The zero-order valence-corrected chi connectivity index (χ0v) is 19.8. The first-order chi connectivity index (χ1) is 15.8. The van der Waals surface area contributed by atoms with E-state index in [9.17, 15) is 13.2 Å². The zero-order valence-electron chi connectivity index (χ0n) is 18.9. The predicted octanol–water partition coefficient (Wildman–Crippen LogP) is 3.78. The molecule has 1 N–H and O–H groups in total. The summed E-state index contributed by atoms with van der Waals surface area (Å²) >= 11 is 0. The quantitative estimate of drug-likeness (QED) is 0.458. The lowest BCUT2D eigenvalue weighted by Gasteiger charge is -2.23. The average molecular weight is 469 g/mol. The van der Waals surface area contributed by atoms with E-state index in [1.165, 1.54) is 11.4 Å². The molecule has 174 valence electrons.